The predicted molar refractivity (Wildman–Crippen MR) is 94.1 cm³/mol. The zero-order valence-electron chi connectivity index (χ0n) is 15.3. The van der Waals surface area contributed by atoms with E-state index in [4.69, 9.17) is 0 Å². The first kappa shape index (κ1) is 18.1. The van der Waals surface area contributed by atoms with Crippen molar-refractivity contribution in [2.24, 2.45) is 34.5 Å². The van der Waals surface area contributed by atoms with Gasteiger partial charge >= 0.3 is 0 Å². The van der Waals surface area contributed by atoms with Gasteiger partial charge in [-0.25, -0.2) is 0 Å². The summed E-state index contributed by atoms with van der Waals surface area (Å²) < 4.78 is 0. The molecule has 26 heavy (non-hydrogen) atoms. The number of aliphatic hydroxyl groups is 2. The van der Waals surface area contributed by atoms with E-state index in [9.17, 15) is 24.6 Å². The number of carbonyl (C=O) groups excluding carboxylic acids is 3. The molecule has 4 aliphatic carbocycles. The summed E-state index contributed by atoms with van der Waals surface area (Å²) in [4.78, 5) is 36.4. The van der Waals surface area contributed by atoms with Crippen LogP contribution in [0.3, 0.4) is 0 Å². The van der Waals surface area contributed by atoms with Gasteiger partial charge in [-0.15, -0.1) is 0 Å². The van der Waals surface area contributed by atoms with Crippen LogP contribution in [0.15, 0.2) is 11.6 Å². The monoisotopic (exact) mass is 360 g/mol. The average Bonchev–Trinajstić information content (AvgIpc) is 3.00. The van der Waals surface area contributed by atoms with Crippen LogP contribution in [0.2, 0.25) is 0 Å². The van der Waals surface area contributed by atoms with Gasteiger partial charge in [-0.2, -0.15) is 0 Å². The predicted octanol–water partition coefficient (Wildman–Crippen LogP) is 1.85. The van der Waals surface area contributed by atoms with Gasteiger partial charge in [-0.3, -0.25) is 9.59 Å². The van der Waals surface area contributed by atoms with Crippen molar-refractivity contribution in [3.8, 4) is 0 Å². The Morgan fingerprint density at radius 1 is 1.31 bits per heavy atom. The summed E-state index contributed by atoms with van der Waals surface area (Å²) in [6.45, 7) is 1.63. The van der Waals surface area contributed by atoms with Gasteiger partial charge in [-0.1, -0.05) is 12.5 Å². The molecule has 0 saturated heterocycles. The lowest BCUT2D eigenvalue weighted by molar-refractivity contribution is -0.157. The van der Waals surface area contributed by atoms with Gasteiger partial charge in [0.05, 0.1) is 6.10 Å². The fourth-order valence-electron chi connectivity index (χ4n) is 7.18. The second kappa shape index (κ2) is 6.10. The third kappa shape index (κ3) is 2.26. The van der Waals surface area contributed by atoms with Crippen molar-refractivity contribution in [3.63, 3.8) is 0 Å². The lowest BCUT2D eigenvalue weighted by atomic mass is 9.45. The van der Waals surface area contributed by atoms with Crippen molar-refractivity contribution in [1.82, 2.24) is 0 Å². The van der Waals surface area contributed by atoms with Gasteiger partial charge in [0.2, 0.25) is 0 Å². The van der Waals surface area contributed by atoms with Crippen molar-refractivity contribution in [2.45, 2.75) is 58.0 Å². The molecule has 2 N–H and O–H groups in total. The summed E-state index contributed by atoms with van der Waals surface area (Å²) in [6.07, 6.45) is 6.75. The highest BCUT2D eigenvalue weighted by atomic mass is 16.3. The average molecular weight is 360 g/mol. The van der Waals surface area contributed by atoms with Crippen molar-refractivity contribution < 1.29 is 24.6 Å². The van der Waals surface area contributed by atoms with E-state index in [1.807, 2.05) is 0 Å². The number of Topliss-reactive ketones (excluding diaryl/α,β-unsaturated/α-hetero) is 1. The number of carbonyl (C=O) groups is 3. The van der Waals surface area contributed by atoms with Crippen LogP contribution >= 0.6 is 0 Å². The highest BCUT2D eigenvalue weighted by Gasteiger charge is 2.64. The summed E-state index contributed by atoms with van der Waals surface area (Å²) in [6, 6.07) is 0. The van der Waals surface area contributed by atoms with Crippen molar-refractivity contribution in [2.75, 3.05) is 6.61 Å². The fourth-order valence-corrected chi connectivity index (χ4v) is 7.18. The molecule has 4 rings (SSSR count). The molecule has 0 aromatic heterocycles. The van der Waals surface area contributed by atoms with E-state index in [0.717, 1.165) is 37.5 Å². The lowest BCUT2D eigenvalue weighted by Crippen LogP contribution is -2.58. The second-order valence-corrected chi connectivity index (χ2v) is 9.14. The molecule has 0 spiro atoms. The van der Waals surface area contributed by atoms with Crippen molar-refractivity contribution >= 4 is 17.9 Å². The molecule has 4 aliphatic rings. The first-order valence-electron chi connectivity index (χ1n) is 9.89. The summed E-state index contributed by atoms with van der Waals surface area (Å²) in [5.74, 6) is -0.241. The molecule has 7 atom stereocenters. The number of aliphatic hydroxyl groups excluding tert-OH is 2. The first-order chi connectivity index (χ1) is 12.4. The molecular weight excluding hydrogens is 332 g/mol. The molecule has 0 aromatic rings. The number of allylic oxidation sites excluding steroid dienone is 1. The van der Waals surface area contributed by atoms with Crippen LogP contribution in [0.4, 0.5) is 0 Å². The molecule has 3 fully saturated rings. The van der Waals surface area contributed by atoms with E-state index < -0.39 is 24.0 Å². The van der Waals surface area contributed by atoms with E-state index in [-0.39, 0.29) is 34.7 Å². The van der Waals surface area contributed by atoms with E-state index >= 15 is 0 Å². The van der Waals surface area contributed by atoms with Gasteiger partial charge in [0.25, 0.3) is 0 Å². The van der Waals surface area contributed by atoms with Gasteiger partial charge in [0, 0.05) is 17.8 Å². The summed E-state index contributed by atoms with van der Waals surface area (Å²) in [5, 5.41) is 20.5. The van der Waals surface area contributed by atoms with E-state index in [1.54, 1.807) is 6.08 Å². The minimum Gasteiger partial charge on any atom is -0.393 e. The van der Waals surface area contributed by atoms with Gasteiger partial charge < -0.3 is 15.0 Å². The Hall–Kier alpha value is -1.33. The van der Waals surface area contributed by atoms with Crippen LogP contribution in [-0.4, -0.2) is 40.8 Å². The molecule has 5 heteroatoms. The minimum atomic E-state index is -0.831. The number of rotatable bonds is 3. The topological polar surface area (TPSA) is 91.7 Å². The Labute approximate surface area is 153 Å². The Morgan fingerprint density at radius 3 is 2.77 bits per heavy atom. The summed E-state index contributed by atoms with van der Waals surface area (Å²) in [7, 11) is 0. The maximum absolute atomic E-state index is 12.3. The number of hydrogen-bond donors (Lipinski definition) is 2. The molecule has 142 valence electrons. The third-order valence-electron chi connectivity index (χ3n) is 8.27. The lowest BCUT2D eigenvalue weighted by Gasteiger charge is -2.59. The number of ketones is 2. The molecule has 5 nitrogen and oxygen atoms in total. The second-order valence-electron chi connectivity index (χ2n) is 9.14. The van der Waals surface area contributed by atoms with Crippen LogP contribution in [0.25, 0.3) is 0 Å². The van der Waals surface area contributed by atoms with Gasteiger partial charge in [-0.05, 0) is 67.8 Å². The third-order valence-corrected chi connectivity index (χ3v) is 8.27. The molecular formula is C21H28O5. The Morgan fingerprint density at radius 2 is 2.08 bits per heavy atom. The highest BCUT2D eigenvalue weighted by molar-refractivity contribution is 5.91. The first-order valence-corrected chi connectivity index (χ1v) is 9.89. The molecule has 0 bridgehead atoms. The maximum atomic E-state index is 12.3. The Kier molecular flexibility index (Phi) is 4.23. The van der Waals surface area contributed by atoms with Gasteiger partial charge in [0.15, 0.2) is 11.6 Å². The molecule has 0 amide bonds. The number of aldehydes is 1. The quantitative estimate of drug-likeness (QED) is 0.750. The van der Waals surface area contributed by atoms with E-state index in [2.05, 4.69) is 6.92 Å². The molecule has 0 aromatic carbocycles. The van der Waals surface area contributed by atoms with Crippen LogP contribution in [0.5, 0.6) is 0 Å². The van der Waals surface area contributed by atoms with Crippen LogP contribution in [0.1, 0.15) is 51.9 Å². The standard InChI is InChI=1S/C21H28O5/c1-20-7-6-13(24)8-12(20)2-3-14-15-4-5-16(18(26)10-22)21(15,11-23)9-17(25)19(14)20/h8,11,14-17,19,22,25H,2-7,9-10H2,1H3/t14-,15?,16-,17+,19+,20+,21-/m1/s1. The zero-order chi connectivity index (χ0) is 18.7. The van der Waals surface area contributed by atoms with Gasteiger partial charge in [0.1, 0.15) is 12.9 Å². The fraction of sp³-hybridized carbons (Fsp3) is 0.762. The van der Waals surface area contributed by atoms with Crippen molar-refractivity contribution in [1.29, 1.82) is 0 Å². The summed E-state index contributed by atoms with van der Waals surface area (Å²) >= 11 is 0. The Balaban J connectivity index is 1.74. The molecule has 0 aliphatic heterocycles. The number of fused-ring (bicyclic) bond motifs is 5. The highest BCUT2D eigenvalue weighted by Crippen LogP contribution is 2.66. The maximum Gasteiger partial charge on any atom is 0.162 e. The minimum absolute atomic E-state index is 0.0386. The summed E-state index contributed by atoms with van der Waals surface area (Å²) in [5.41, 5.74) is 0.140. The molecule has 3 saturated carbocycles. The molecule has 0 radical (unpaired) electrons. The SMILES string of the molecule is C[C@]12CCC(=O)C=C1CC[C@@H]1C3CC[C@H](C(=O)CO)[C@@]3(C=O)C[C@H](O)[C@H]12. The largest absolute Gasteiger partial charge is 0.393 e. The Bertz CT molecular complexity index is 682. The van der Waals surface area contributed by atoms with Crippen LogP contribution in [-0.2, 0) is 14.4 Å². The normalized spacial score (nSPS) is 47.4. The van der Waals surface area contributed by atoms with Crippen LogP contribution in [0, 0.1) is 34.5 Å². The van der Waals surface area contributed by atoms with Crippen molar-refractivity contribution in [3.05, 3.63) is 11.6 Å². The molecule has 1 unspecified atom stereocenters. The zero-order valence-corrected chi connectivity index (χ0v) is 15.3. The molecule has 0 heterocycles. The van der Waals surface area contributed by atoms with E-state index in [0.29, 0.717) is 19.3 Å². The van der Waals surface area contributed by atoms with E-state index in [1.165, 1.54) is 0 Å². The smallest absolute Gasteiger partial charge is 0.162 e. The van der Waals surface area contributed by atoms with Crippen LogP contribution < -0.4 is 0 Å². The number of hydrogen-bond acceptors (Lipinski definition) is 5.